The highest BCUT2D eigenvalue weighted by atomic mass is 16.3. The summed E-state index contributed by atoms with van der Waals surface area (Å²) < 4.78 is 0. The van der Waals surface area contributed by atoms with Crippen LogP contribution >= 0.6 is 0 Å². The Hall–Kier alpha value is -0.610. The number of carbonyl (C=O) groups excluding carboxylic acids is 1. The number of hydrogen-bond donors (Lipinski definition) is 2. The Balaban J connectivity index is 0. The third kappa shape index (κ3) is 11.6. The average Bonchev–Trinajstić information content (AvgIpc) is 2.37. The summed E-state index contributed by atoms with van der Waals surface area (Å²) in [6.07, 6.45) is 2.76. The van der Waals surface area contributed by atoms with Crippen molar-refractivity contribution in [2.24, 2.45) is 5.92 Å². The van der Waals surface area contributed by atoms with Crippen molar-refractivity contribution < 1.29 is 15.0 Å². The first-order valence-electron chi connectivity index (χ1n) is 6.56. The van der Waals surface area contributed by atoms with Crippen molar-refractivity contribution in [3.63, 3.8) is 0 Å². The van der Waals surface area contributed by atoms with E-state index in [2.05, 4.69) is 13.8 Å². The normalized spacial score (nSPS) is 9.82. The zero-order valence-corrected chi connectivity index (χ0v) is 11.8. The standard InChI is InChI=1S/C9H19NO.C4H10O2/c1-4-7-10(8-5-2)9(11)6-3;1-4(2-5)3-6/h4-8H2,1-3H3;4-6H,2-3H2,1H3. The number of aliphatic hydroxyl groups is 2. The summed E-state index contributed by atoms with van der Waals surface area (Å²) in [5.74, 6) is 0.332. The Labute approximate surface area is 106 Å². The van der Waals surface area contributed by atoms with Crippen LogP contribution in [0.3, 0.4) is 0 Å². The Bertz CT molecular complexity index is 164. The second-order valence-corrected chi connectivity index (χ2v) is 4.20. The summed E-state index contributed by atoms with van der Waals surface area (Å²) in [4.78, 5) is 13.2. The minimum atomic E-state index is 0.0463. The molecule has 0 rings (SSSR count). The van der Waals surface area contributed by atoms with Crippen LogP contribution in [0.2, 0.25) is 0 Å². The lowest BCUT2D eigenvalue weighted by Crippen LogP contribution is -2.31. The van der Waals surface area contributed by atoms with Crippen LogP contribution in [0.15, 0.2) is 0 Å². The maximum Gasteiger partial charge on any atom is 0.222 e. The van der Waals surface area contributed by atoms with E-state index < -0.39 is 0 Å². The Kier molecular flexibility index (Phi) is 14.8. The molecule has 0 aliphatic carbocycles. The molecule has 0 aliphatic rings. The summed E-state index contributed by atoms with van der Waals surface area (Å²) in [5, 5.41) is 16.3. The molecule has 0 aliphatic heterocycles. The van der Waals surface area contributed by atoms with Gasteiger partial charge in [-0.25, -0.2) is 0 Å². The fraction of sp³-hybridized carbons (Fsp3) is 0.923. The SMILES string of the molecule is CC(CO)CO.CCCN(CCC)C(=O)CC. The third-order valence-corrected chi connectivity index (χ3v) is 2.27. The molecule has 0 saturated carbocycles. The number of hydrogen-bond acceptors (Lipinski definition) is 3. The molecule has 4 nitrogen and oxygen atoms in total. The smallest absolute Gasteiger partial charge is 0.222 e. The number of nitrogens with zero attached hydrogens (tertiary/aromatic N) is 1. The van der Waals surface area contributed by atoms with Gasteiger partial charge in [0.1, 0.15) is 0 Å². The number of aliphatic hydroxyl groups excluding tert-OH is 2. The van der Waals surface area contributed by atoms with Gasteiger partial charge in [-0.2, -0.15) is 0 Å². The van der Waals surface area contributed by atoms with Gasteiger partial charge < -0.3 is 15.1 Å². The monoisotopic (exact) mass is 247 g/mol. The lowest BCUT2D eigenvalue weighted by atomic mass is 10.2. The van der Waals surface area contributed by atoms with Gasteiger partial charge >= 0.3 is 0 Å². The van der Waals surface area contributed by atoms with Crippen LogP contribution in [0.25, 0.3) is 0 Å². The molecule has 0 bridgehead atoms. The van der Waals surface area contributed by atoms with Crippen LogP contribution in [0, 0.1) is 5.92 Å². The molecule has 0 fully saturated rings. The van der Waals surface area contributed by atoms with E-state index in [9.17, 15) is 4.79 Å². The quantitative estimate of drug-likeness (QED) is 0.719. The molecule has 0 aromatic carbocycles. The summed E-state index contributed by atoms with van der Waals surface area (Å²) in [6, 6.07) is 0. The molecule has 0 saturated heterocycles. The topological polar surface area (TPSA) is 60.8 Å². The van der Waals surface area contributed by atoms with Crippen molar-refractivity contribution in [1.82, 2.24) is 4.90 Å². The van der Waals surface area contributed by atoms with Crippen molar-refractivity contribution in [3.8, 4) is 0 Å². The average molecular weight is 247 g/mol. The zero-order chi connectivity index (χ0) is 13.7. The summed E-state index contributed by atoms with van der Waals surface area (Å²) in [7, 11) is 0. The Morgan fingerprint density at radius 3 is 1.65 bits per heavy atom. The van der Waals surface area contributed by atoms with E-state index in [0.29, 0.717) is 6.42 Å². The van der Waals surface area contributed by atoms with Gasteiger partial charge in [0.2, 0.25) is 5.91 Å². The van der Waals surface area contributed by atoms with Crippen LogP contribution in [0.5, 0.6) is 0 Å². The van der Waals surface area contributed by atoms with Gasteiger partial charge in [-0.05, 0) is 12.8 Å². The van der Waals surface area contributed by atoms with E-state index >= 15 is 0 Å². The van der Waals surface area contributed by atoms with Gasteiger partial charge in [-0.3, -0.25) is 4.79 Å². The molecule has 2 N–H and O–H groups in total. The maximum atomic E-state index is 11.2. The molecule has 0 heterocycles. The molecule has 0 spiro atoms. The van der Waals surface area contributed by atoms with Gasteiger partial charge in [0.25, 0.3) is 0 Å². The lowest BCUT2D eigenvalue weighted by molar-refractivity contribution is -0.130. The molecule has 0 aromatic rings. The third-order valence-electron chi connectivity index (χ3n) is 2.27. The molecule has 1 amide bonds. The fourth-order valence-electron chi connectivity index (χ4n) is 1.18. The molecule has 0 atom stereocenters. The fourth-order valence-corrected chi connectivity index (χ4v) is 1.18. The highest BCUT2D eigenvalue weighted by molar-refractivity contribution is 5.75. The summed E-state index contributed by atoms with van der Waals surface area (Å²) in [6.45, 7) is 9.89. The first kappa shape index (κ1) is 18.7. The minimum absolute atomic E-state index is 0.0463. The van der Waals surface area contributed by atoms with E-state index in [1.807, 2.05) is 11.8 Å². The van der Waals surface area contributed by atoms with E-state index in [1.54, 1.807) is 6.92 Å². The number of carbonyl (C=O) groups is 1. The van der Waals surface area contributed by atoms with Crippen LogP contribution in [-0.4, -0.2) is 47.3 Å². The molecule has 0 unspecified atom stereocenters. The minimum Gasteiger partial charge on any atom is -0.396 e. The van der Waals surface area contributed by atoms with Gasteiger partial charge in [-0.15, -0.1) is 0 Å². The van der Waals surface area contributed by atoms with E-state index in [-0.39, 0.29) is 25.0 Å². The molecule has 0 aromatic heterocycles. The van der Waals surface area contributed by atoms with Crippen molar-refractivity contribution in [1.29, 1.82) is 0 Å². The molecule has 104 valence electrons. The zero-order valence-electron chi connectivity index (χ0n) is 11.8. The van der Waals surface area contributed by atoms with Crippen LogP contribution in [0.4, 0.5) is 0 Å². The van der Waals surface area contributed by atoms with Crippen LogP contribution < -0.4 is 0 Å². The summed E-state index contributed by atoms with van der Waals surface area (Å²) in [5.41, 5.74) is 0. The molecule has 0 radical (unpaired) electrons. The van der Waals surface area contributed by atoms with Crippen molar-refractivity contribution in [3.05, 3.63) is 0 Å². The molecular weight excluding hydrogens is 218 g/mol. The predicted octanol–water partition coefficient (Wildman–Crippen LogP) is 1.65. The van der Waals surface area contributed by atoms with Crippen LogP contribution in [-0.2, 0) is 4.79 Å². The van der Waals surface area contributed by atoms with Gasteiger partial charge in [0.05, 0.1) is 0 Å². The largest absolute Gasteiger partial charge is 0.396 e. The highest BCUT2D eigenvalue weighted by Crippen LogP contribution is 1.97. The van der Waals surface area contributed by atoms with Crippen LogP contribution in [0.1, 0.15) is 47.0 Å². The van der Waals surface area contributed by atoms with E-state index in [4.69, 9.17) is 10.2 Å². The van der Waals surface area contributed by atoms with Crippen molar-refractivity contribution in [2.75, 3.05) is 26.3 Å². The van der Waals surface area contributed by atoms with Crippen molar-refractivity contribution in [2.45, 2.75) is 47.0 Å². The second kappa shape index (κ2) is 13.5. The first-order chi connectivity index (χ1) is 8.06. The number of amides is 1. The predicted molar refractivity (Wildman–Crippen MR) is 70.8 cm³/mol. The second-order valence-electron chi connectivity index (χ2n) is 4.20. The molecular formula is C13H29NO3. The Morgan fingerprint density at radius 1 is 1.06 bits per heavy atom. The lowest BCUT2D eigenvalue weighted by Gasteiger charge is -2.20. The maximum absolute atomic E-state index is 11.2. The molecule has 17 heavy (non-hydrogen) atoms. The van der Waals surface area contributed by atoms with Gasteiger partial charge in [-0.1, -0.05) is 27.7 Å². The van der Waals surface area contributed by atoms with Crippen molar-refractivity contribution >= 4 is 5.91 Å². The van der Waals surface area contributed by atoms with Gasteiger partial charge in [0, 0.05) is 38.6 Å². The van der Waals surface area contributed by atoms with Gasteiger partial charge in [0.15, 0.2) is 0 Å². The highest BCUT2D eigenvalue weighted by Gasteiger charge is 2.07. The van der Waals surface area contributed by atoms with E-state index in [0.717, 1.165) is 25.9 Å². The number of rotatable bonds is 7. The van der Waals surface area contributed by atoms with E-state index in [1.165, 1.54) is 0 Å². The molecule has 4 heteroatoms. The first-order valence-corrected chi connectivity index (χ1v) is 6.56. The Morgan fingerprint density at radius 2 is 1.47 bits per heavy atom. The summed E-state index contributed by atoms with van der Waals surface area (Å²) >= 11 is 0.